The number of aromatic nitrogens is 2. The van der Waals surface area contributed by atoms with Crippen molar-refractivity contribution in [3.05, 3.63) is 47.3 Å². The Morgan fingerprint density at radius 1 is 1.00 bits per heavy atom. The Morgan fingerprint density at radius 2 is 1.69 bits per heavy atom. The first-order valence-corrected chi connectivity index (χ1v) is 16.0. The molecule has 48 heavy (non-hydrogen) atoms. The number of carbonyl (C=O) groups is 4. The highest BCUT2D eigenvalue weighted by molar-refractivity contribution is 5.86. The fraction of sp³-hybridized carbons (Fsp3) is 0.545. The smallest absolute Gasteiger partial charge is 0.451 e. The molecule has 2 saturated heterocycles. The zero-order chi connectivity index (χ0) is 34.8. The Bertz CT molecular complexity index is 1500. The summed E-state index contributed by atoms with van der Waals surface area (Å²) < 4.78 is 41.8. The van der Waals surface area contributed by atoms with E-state index < -0.39 is 42.3 Å². The Kier molecular flexibility index (Phi) is 12.3. The number of nitrogens with zero attached hydrogens (tertiary/aromatic N) is 5. The second-order valence-electron chi connectivity index (χ2n) is 12.3. The summed E-state index contributed by atoms with van der Waals surface area (Å²) >= 11 is 0. The summed E-state index contributed by atoms with van der Waals surface area (Å²) in [5.74, 6) is -5.36. The van der Waals surface area contributed by atoms with E-state index in [9.17, 15) is 32.3 Å². The van der Waals surface area contributed by atoms with Crippen LogP contribution in [0.25, 0.3) is 0 Å². The number of amides is 1. The molecule has 1 aromatic carbocycles. The van der Waals surface area contributed by atoms with E-state index in [-0.39, 0.29) is 42.1 Å². The molecule has 0 unspecified atom stereocenters. The van der Waals surface area contributed by atoms with Crippen LogP contribution >= 0.6 is 0 Å². The number of nitrogens with one attached hydrogen (secondary N) is 1. The van der Waals surface area contributed by atoms with Crippen molar-refractivity contribution in [3.8, 4) is 6.07 Å². The normalized spacial score (nSPS) is 17.5. The van der Waals surface area contributed by atoms with Crippen molar-refractivity contribution in [3.63, 3.8) is 0 Å². The maximum Gasteiger partial charge on any atom is 0.451 e. The van der Waals surface area contributed by atoms with Crippen molar-refractivity contribution in [2.45, 2.75) is 76.4 Å². The summed E-state index contributed by atoms with van der Waals surface area (Å²) in [5.41, 5.74) is 1.47. The number of aliphatic carboxylic acids is 2. The van der Waals surface area contributed by atoms with Gasteiger partial charge in [-0.3, -0.25) is 19.2 Å². The van der Waals surface area contributed by atoms with Crippen molar-refractivity contribution in [1.82, 2.24) is 15.3 Å². The molecule has 1 amide bonds. The van der Waals surface area contributed by atoms with E-state index in [2.05, 4.69) is 21.4 Å². The van der Waals surface area contributed by atoms with Crippen molar-refractivity contribution >= 4 is 35.3 Å². The number of hydrogen-bond acceptors (Lipinski definition) is 9. The number of carboxylic acids is 2. The molecule has 0 bridgehead atoms. The first kappa shape index (κ1) is 36.1. The molecule has 0 saturated carbocycles. The molecular weight excluding hydrogens is 633 g/mol. The third kappa shape index (κ3) is 10.1. The van der Waals surface area contributed by atoms with Crippen LogP contribution in [0.5, 0.6) is 0 Å². The van der Waals surface area contributed by atoms with Crippen LogP contribution in [0.15, 0.2) is 30.3 Å². The summed E-state index contributed by atoms with van der Waals surface area (Å²) in [6.07, 6.45) is -1.52. The maximum atomic E-state index is 13.9. The number of carboxylic acid groups (broad SMARTS) is 2. The average molecular weight is 673 g/mol. The first-order valence-electron chi connectivity index (χ1n) is 16.0. The number of nitriles is 1. The fourth-order valence-corrected chi connectivity index (χ4v) is 6.24. The SMILES string of the molecule is N#Cc1ccc(CCNC(=O)[C@@H]2CCCN2c2cc(N3CCC(CCCC(=O)C[C@H](CC(=O)O)C(=O)O)CC3)nc(C(F)(F)F)n2)cc1. The quantitative estimate of drug-likeness (QED) is 0.247. The van der Waals surface area contributed by atoms with Gasteiger partial charge in [0.2, 0.25) is 11.7 Å². The van der Waals surface area contributed by atoms with Gasteiger partial charge >= 0.3 is 18.1 Å². The number of piperidine rings is 1. The van der Waals surface area contributed by atoms with Crippen molar-refractivity contribution in [2.24, 2.45) is 11.8 Å². The Morgan fingerprint density at radius 3 is 2.31 bits per heavy atom. The number of hydrogen-bond donors (Lipinski definition) is 3. The van der Waals surface area contributed by atoms with Gasteiger partial charge in [0.1, 0.15) is 23.5 Å². The van der Waals surface area contributed by atoms with E-state index >= 15 is 0 Å². The molecule has 1 aromatic heterocycles. The molecule has 2 aromatic rings. The number of ketones is 1. The molecule has 15 heteroatoms. The molecule has 0 radical (unpaired) electrons. The largest absolute Gasteiger partial charge is 0.481 e. The molecule has 258 valence electrons. The zero-order valence-electron chi connectivity index (χ0n) is 26.4. The predicted octanol–water partition coefficient (Wildman–Crippen LogP) is 4.22. The molecule has 2 atom stereocenters. The highest BCUT2D eigenvalue weighted by Gasteiger charge is 2.39. The summed E-state index contributed by atoms with van der Waals surface area (Å²) in [7, 11) is 0. The molecule has 0 spiro atoms. The average Bonchev–Trinajstić information content (AvgIpc) is 3.55. The Balaban J connectivity index is 1.33. The van der Waals surface area contributed by atoms with Crippen LogP contribution in [0.3, 0.4) is 0 Å². The summed E-state index contributed by atoms with van der Waals surface area (Å²) in [4.78, 5) is 58.5. The molecule has 2 aliphatic heterocycles. The molecular formula is C33H39F3N6O6. The minimum atomic E-state index is -4.79. The summed E-state index contributed by atoms with van der Waals surface area (Å²) in [5, 5.41) is 29.9. The molecule has 2 aliphatic rings. The number of anilines is 2. The van der Waals surface area contributed by atoms with Crippen molar-refractivity contribution < 1.29 is 42.6 Å². The third-order valence-corrected chi connectivity index (χ3v) is 8.85. The number of alkyl halides is 3. The van der Waals surface area contributed by atoms with Gasteiger partial charge in [0.15, 0.2) is 0 Å². The van der Waals surface area contributed by atoms with Crippen LogP contribution in [0.2, 0.25) is 0 Å². The van der Waals surface area contributed by atoms with E-state index in [1.807, 2.05) is 12.1 Å². The minimum Gasteiger partial charge on any atom is -0.481 e. The van der Waals surface area contributed by atoms with Gasteiger partial charge in [0.25, 0.3) is 0 Å². The van der Waals surface area contributed by atoms with E-state index in [0.717, 1.165) is 5.56 Å². The molecule has 12 nitrogen and oxygen atoms in total. The highest BCUT2D eigenvalue weighted by atomic mass is 19.4. The van der Waals surface area contributed by atoms with Crippen LogP contribution in [0, 0.1) is 23.2 Å². The second-order valence-corrected chi connectivity index (χ2v) is 12.3. The van der Waals surface area contributed by atoms with E-state index in [1.165, 1.54) is 6.07 Å². The van der Waals surface area contributed by atoms with Crippen molar-refractivity contribution in [1.29, 1.82) is 5.26 Å². The molecule has 4 rings (SSSR count). The van der Waals surface area contributed by atoms with Gasteiger partial charge in [-0.2, -0.15) is 18.4 Å². The topological polar surface area (TPSA) is 177 Å². The van der Waals surface area contributed by atoms with Crippen molar-refractivity contribution in [2.75, 3.05) is 36.0 Å². The lowest BCUT2D eigenvalue weighted by Gasteiger charge is -2.34. The standard InChI is InChI=1S/C33H39F3N6O6/c34-33(35,36)32-39-27(41-15-11-21(12-16-41)3-1-4-25(43)17-24(31(47)48)18-29(44)45)19-28(40-32)42-14-2-5-26(42)30(46)38-13-10-22-6-8-23(20-37)9-7-22/h6-9,19,21,24,26H,1-5,10-18H2,(H,38,46)(H,44,45)(H,47,48)/t24-,26+/m1/s1. The number of benzene rings is 1. The number of Topliss-reactive ketones (excluding diaryl/α,β-unsaturated/α-hetero) is 1. The number of rotatable bonds is 15. The lowest BCUT2D eigenvalue weighted by atomic mass is 9.90. The molecule has 3 heterocycles. The van der Waals surface area contributed by atoms with E-state index in [4.69, 9.17) is 15.5 Å². The maximum absolute atomic E-state index is 13.9. The Hall–Kier alpha value is -4.74. The van der Waals surface area contributed by atoms with Crippen LogP contribution in [0.1, 0.15) is 74.7 Å². The number of carbonyl (C=O) groups excluding carboxylic acids is 2. The van der Waals surface area contributed by atoms with Gasteiger partial charge in [0, 0.05) is 45.1 Å². The lowest BCUT2D eigenvalue weighted by molar-refractivity contribution is -0.149. The summed E-state index contributed by atoms with van der Waals surface area (Å²) in [6.45, 7) is 1.57. The van der Waals surface area contributed by atoms with Gasteiger partial charge in [-0.1, -0.05) is 12.1 Å². The van der Waals surface area contributed by atoms with Gasteiger partial charge in [-0.05, 0) is 68.6 Å². The Labute approximate surface area is 276 Å². The van der Waals surface area contributed by atoms with Gasteiger partial charge in [-0.25, -0.2) is 9.97 Å². The van der Waals surface area contributed by atoms with Crippen LogP contribution < -0.4 is 15.1 Å². The molecule has 0 aliphatic carbocycles. The third-order valence-electron chi connectivity index (χ3n) is 8.85. The predicted molar refractivity (Wildman–Crippen MR) is 167 cm³/mol. The van der Waals surface area contributed by atoms with Crippen LogP contribution in [-0.2, 0) is 31.8 Å². The van der Waals surface area contributed by atoms with E-state index in [1.54, 1.807) is 21.9 Å². The van der Waals surface area contributed by atoms with Gasteiger partial charge in [-0.15, -0.1) is 0 Å². The van der Waals surface area contributed by atoms with E-state index in [0.29, 0.717) is 76.7 Å². The van der Waals surface area contributed by atoms with Gasteiger partial charge < -0.3 is 25.3 Å². The minimum absolute atomic E-state index is 0.0419. The molecule has 3 N–H and O–H groups in total. The fourth-order valence-electron chi connectivity index (χ4n) is 6.24. The van der Waals surface area contributed by atoms with Crippen LogP contribution in [0.4, 0.5) is 24.8 Å². The molecule has 2 fully saturated rings. The van der Waals surface area contributed by atoms with Crippen LogP contribution in [-0.4, -0.2) is 76.0 Å². The second kappa shape index (κ2) is 16.4. The summed E-state index contributed by atoms with van der Waals surface area (Å²) in [6, 6.07) is 9.88. The lowest BCUT2D eigenvalue weighted by Crippen LogP contribution is -2.44. The number of halogens is 3. The first-order chi connectivity index (χ1) is 22.8. The highest BCUT2D eigenvalue weighted by Crippen LogP contribution is 2.34. The zero-order valence-corrected chi connectivity index (χ0v) is 26.4. The monoisotopic (exact) mass is 672 g/mol. The van der Waals surface area contributed by atoms with Gasteiger partial charge in [0.05, 0.1) is 24.0 Å².